The maximum atomic E-state index is 13.7. The second-order valence-corrected chi connectivity index (χ2v) is 11.1. The minimum atomic E-state index is -0.603. The monoisotopic (exact) mass is 523 g/mol. The van der Waals surface area contributed by atoms with Gasteiger partial charge < -0.3 is 23.7 Å². The van der Waals surface area contributed by atoms with Gasteiger partial charge in [-0.2, -0.15) is 0 Å². The van der Waals surface area contributed by atoms with E-state index in [4.69, 9.17) is 18.9 Å². The molecule has 0 N–H and O–H groups in total. The lowest BCUT2D eigenvalue weighted by Gasteiger charge is -2.46. The summed E-state index contributed by atoms with van der Waals surface area (Å²) in [4.78, 5) is 34.6. The first-order valence-electron chi connectivity index (χ1n) is 13.0. The molecule has 2 aliphatic rings. The molecule has 202 valence electrons. The van der Waals surface area contributed by atoms with Gasteiger partial charge in [-0.1, -0.05) is 6.92 Å². The number of carbonyl (C=O) groups is 2. The van der Waals surface area contributed by atoms with Crippen LogP contribution in [0.1, 0.15) is 49.7 Å². The normalized spacial score (nSPS) is 18.1. The largest absolute Gasteiger partial charge is 0.449 e. The molecule has 0 unspecified atom stereocenters. The molecule has 3 aromatic rings. The second kappa shape index (κ2) is 10.1. The Morgan fingerprint density at radius 3 is 2.47 bits per heavy atom. The van der Waals surface area contributed by atoms with Gasteiger partial charge in [-0.25, -0.2) is 9.37 Å². The van der Waals surface area contributed by atoms with E-state index in [9.17, 15) is 14.0 Å². The molecule has 2 amide bonds. The third-order valence-electron chi connectivity index (χ3n) is 7.64. The molecule has 0 radical (unpaired) electrons. The molecule has 0 spiro atoms. The molecule has 9 heteroatoms. The van der Waals surface area contributed by atoms with E-state index in [2.05, 4.69) is 6.92 Å². The molecule has 1 aliphatic carbocycles. The average Bonchev–Trinajstić information content (AvgIpc) is 3.49. The van der Waals surface area contributed by atoms with Crippen LogP contribution in [0.25, 0.3) is 22.4 Å². The van der Waals surface area contributed by atoms with E-state index in [1.165, 1.54) is 12.1 Å². The molecule has 8 nitrogen and oxygen atoms in total. The first-order valence-corrected chi connectivity index (χ1v) is 13.0. The standard InChI is InChI=1S/C29H34FN3O5/c1-28(2)18-32(25(34)17-37-14-13-36-4)11-12-33(28)27(35)24-16-23-26(38-24)21(29(3)9-10-29)15-22(31-23)19-5-7-20(30)8-6-19/h5-8,15-16H,9-14,17-18H2,1-4H3. The minimum Gasteiger partial charge on any atom is -0.449 e. The zero-order chi connectivity index (χ0) is 27.1. The molecule has 1 saturated heterocycles. The third kappa shape index (κ3) is 5.17. The number of rotatable bonds is 8. The highest BCUT2D eigenvalue weighted by Crippen LogP contribution is 2.50. The quantitative estimate of drug-likeness (QED) is 0.407. The van der Waals surface area contributed by atoms with Crippen molar-refractivity contribution in [1.82, 2.24) is 14.8 Å². The van der Waals surface area contributed by atoms with Crippen molar-refractivity contribution in [2.75, 3.05) is 46.6 Å². The van der Waals surface area contributed by atoms with Crippen LogP contribution in [0.4, 0.5) is 4.39 Å². The van der Waals surface area contributed by atoms with Crippen LogP contribution in [-0.2, 0) is 19.7 Å². The summed E-state index contributed by atoms with van der Waals surface area (Å²) in [5.74, 6) is -0.412. The van der Waals surface area contributed by atoms with Crippen LogP contribution in [0.3, 0.4) is 0 Å². The van der Waals surface area contributed by atoms with Gasteiger partial charge in [-0.15, -0.1) is 0 Å². The zero-order valence-electron chi connectivity index (χ0n) is 22.4. The maximum Gasteiger partial charge on any atom is 0.290 e. The topological polar surface area (TPSA) is 85.1 Å². The van der Waals surface area contributed by atoms with Gasteiger partial charge in [0.05, 0.1) is 24.4 Å². The number of hydrogen-bond acceptors (Lipinski definition) is 6. The molecule has 38 heavy (non-hydrogen) atoms. The van der Waals surface area contributed by atoms with E-state index >= 15 is 0 Å². The Morgan fingerprint density at radius 2 is 1.82 bits per heavy atom. The van der Waals surface area contributed by atoms with Gasteiger partial charge in [-0.05, 0) is 62.4 Å². The van der Waals surface area contributed by atoms with Crippen molar-refractivity contribution in [2.24, 2.45) is 0 Å². The van der Waals surface area contributed by atoms with Crippen LogP contribution < -0.4 is 0 Å². The number of furan rings is 1. The number of benzene rings is 1. The van der Waals surface area contributed by atoms with Crippen molar-refractivity contribution >= 4 is 22.9 Å². The number of halogens is 1. The Kier molecular flexibility index (Phi) is 7.00. The van der Waals surface area contributed by atoms with Crippen molar-refractivity contribution in [3.63, 3.8) is 0 Å². The number of piperazine rings is 1. The minimum absolute atomic E-state index is 0.0133. The van der Waals surface area contributed by atoms with Crippen LogP contribution in [-0.4, -0.2) is 78.7 Å². The SMILES string of the molecule is COCCOCC(=O)N1CCN(C(=O)c2cc3nc(-c4ccc(F)cc4)cc(C4(C)CC4)c3o2)C(C)(C)C1. The summed E-state index contributed by atoms with van der Waals surface area (Å²) in [6.07, 6.45) is 2.05. The summed E-state index contributed by atoms with van der Waals surface area (Å²) in [6, 6.07) is 9.96. The fourth-order valence-corrected chi connectivity index (χ4v) is 5.07. The predicted octanol–water partition coefficient (Wildman–Crippen LogP) is 4.41. The number of nitrogens with zero attached hydrogens (tertiary/aromatic N) is 3. The number of fused-ring (bicyclic) bond motifs is 1. The third-order valence-corrected chi connectivity index (χ3v) is 7.64. The Hall–Kier alpha value is -3.30. The molecule has 1 aliphatic heterocycles. The average molecular weight is 524 g/mol. The number of hydrogen-bond donors (Lipinski definition) is 0. The lowest BCUT2D eigenvalue weighted by atomic mass is 9.96. The molecule has 0 bridgehead atoms. The Balaban J connectivity index is 1.39. The number of ether oxygens (including phenoxy) is 2. The first kappa shape index (κ1) is 26.3. The van der Waals surface area contributed by atoms with Gasteiger partial charge in [0.2, 0.25) is 5.91 Å². The highest BCUT2D eigenvalue weighted by molar-refractivity contribution is 5.97. The molecular formula is C29H34FN3O5. The van der Waals surface area contributed by atoms with E-state index in [1.807, 2.05) is 19.9 Å². The van der Waals surface area contributed by atoms with Gasteiger partial charge in [-0.3, -0.25) is 9.59 Å². The van der Waals surface area contributed by atoms with Crippen molar-refractivity contribution < 1.29 is 27.9 Å². The molecule has 2 fully saturated rings. The van der Waals surface area contributed by atoms with E-state index < -0.39 is 5.54 Å². The Morgan fingerprint density at radius 1 is 1.08 bits per heavy atom. The number of methoxy groups -OCH3 is 1. The van der Waals surface area contributed by atoms with Gasteiger partial charge in [0.25, 0.3) is 5.91 Å². The summed E-state index contributed by atoms with van der Waals surface area (Å²) in [6.45, 7) is 8.03. The lowest BCUT2D eigenvalue weighted by Crippen LogP contribution is -2.62. The van der Waals surface area contributed by atoms with Crippen LogP contribution >= 0.6 is 0 Å². The van der Waals surface area contributed by atoms with Crippen molar-refractivity contribution in [3.8, 4) is 11.3 Å². The van der Waals surface area contributed by atoms with E-state index in [0.717, 1.165) is 29.7 Å². The summed E-state index contributed by atoms with van der Waals surface area (Å²) in [5.41, 5.74) is 3.14. The maximum absolute atomic E-state index is 13.7. The van der Waals surface area contributed by atoms with Crippen LogP contribution in [0.15, 0.2) is 40.8 Å². The highest BCUT2D eigenvalue weighted by Gasteiger charge is 2.43. The first-order chi connectivity index (χ1) is 18.1. The van der Waals surface area contributed by atoms with Crippen molar-refractivity contribution in [1.29, 1.82) is 0 Å². The number of amides is 2. The summed E-state index contributed by atoms with van der Waals surface area (Å²) in [7, 11) is 1.58. The highest BCUT2D eigenvalue weighted by atomic mass is 19.1. The molecule has 1 aromatic carbocycles. The lowest BCUT2D eigenvalue weighted by molar-refractivity contribution is -0.140. The second-order valence-electron chi connectivity index (χ2n) is 11.1. The van der Waals surface area contributed by atoms with E-state index in [1.54, 1.807) is 35.1 Å². The van der Waals surface area contributed by atoms with Crippen LogP contribution in [0.2, 0.25) is 0 Å². The predicted molar refractivity (Wildman–Crippen MR) is 140 cm³/mol. The molecule has 1 saturated carbocycles. The smallest absolute Gasteiger partial charge is 0.290 e. The van der Waals surface area contributed by atoms with Gasteiger partial charge in [0.1, 0.15) is 17.9 Å². The van der Waals surface area contributed by atoms with E-state index in [0.29, 0.717) is 43.9 Å². The molecule has 5 rings (SSSR count). The molecular weight excluding hydrogens is 489 g/mol. The molecule has 0 atom stereocenters. The van der Waals surface area contributed by atoms with Crippen molar-refractivity contribution in [2.45, 2.75) is 44.6 Å². The van der Waals surface area contributed by atoms with Crippen LogP contribution in [0, 0.1) is 5.82 Å². The fourth-order valence-electron chi connectivity index (χ4n) is 5.07. The Bertz CT molecular complexity index is 1350. The van der Waals surface area contributed by atoms with Crippen molar-refractivity contribution in [3.05, 3.63) is 53.5 Å². The fraction of sp³-hybridized carbons (Fsp3) is 0.483. The summed E-state index contributed by atoms with van der Waals surface area (Å²) in [5, 5.41) is 0. The zero-order valence-corrected chi connectivity index (χ0v) is 22.4. The Labute approximate surface area is 221 Å². The molecule has 2 aromatic heterocycles. The number of pyridine rings is 1. The van der Waals surface area contributed by atoms with E-state index in [-0.39, 0.29) is 35.4 Å². The van der Waals surface area contributed by atoms with Crippen LogP contribution in [0.5, 0.6) is 0 Å². The summed E-state index contributed by atoms with van der Waals surface area (Å²) >= 11 is 0. The number of carbonyl (C=O) groups excluding carboxylic acids is 2. The van der Waals surface area contributed by atoms with Gasteiger partial charge >= 0.3 is 0 Å². The number of aromatic nitrogens is 1. The summed E-state index contributed by atoms with van der Waals surface area (Å²) < 4.78 is 30.1. The van der Waals surface area contributed by atoms with Gasteiger partial charge in [0.15, 0.2) is 11.3 Å². The molecule has 3 heterocycles. The van der Waals surface area contributed by atoms with Gasteiger partial charge in [0, 0.05) is 43.9 Å².